The van der Waals surface area contributed by atoms with Gasteiger partial charge >= 0.3 is 0 Å². The van der Waals surface area contributed by atoms with Crippen LogP contribution in [0.25, 0.3) is 0 Å². The molecule has 124 valence electrons. The fourth-order valence-electron chi connectivity index (χ4n) is 3.09. The van der Waals surface area contributed by atoms with Crippen LogP contribution in [-0.4, -0.2) is 24.5 Å². The van der Waals surface area contributed by atoms with Crippen LogP contribution in [0, 0.1) is 5.92 Å². The molecule has 0 aliphatic carbocycles. The van der Waals surface area contributed by atoms with Gasteiger partial charge in [-0.3, -0.25) is 4.79 Å². The van der Waals surface area contributed by atoms with Crippen LogP contribution >= 0.6 is 24.0 Å². The second-order valence-electron chi connectivity index (χ2n) is 6.36. The average molecular weight is 345 g/mol. The summed E-state index contributed by atoms with van der Waals surface area (Å²) in [7, 11) is 0. The molecule has 0 bridgehead atoms. The summed E-state index contributed by atoms with van der Waals surface area (Å²) < 4.78 is 0. The first kappa shape index (κ1) is 19.3. The summed E-state index contributed by atoms with van der Waals surface area (Å²) in [4.78, 5) is 12.7. The third-order valence-corrected chi connectivity index (χ3v) is 4.36. The molecule has 3 nitrogen and oxygen atoms in total. The molecule has 1 aliphatic heterocycles. The van der Waals surface area contributed by atoms with Gasteiger partial charge in [0.05, 0.1) is 5.92 Å². The summed E-state index contributed by atoms with van der Waals surface area (Å²) in [5, 5.41) is 7.32. The molecule has 3 unspecified atom stereocenters. The Hall–Kier alpha value is -0.770. The highest BCUT2D eigenvalue weighted by molar-refractivity contribution is 6.30. The Morgan fingerprint density at radius 1 is 1.41 bits per heavy atom. The number of carbonyl (C=O) groups is 1. The molecular formula is C17H26Cl2N2O. The molecule has 1 heterocycles. The van der Waals surface area contributed by atoms with E-state index in [0.717, 1.165) is 24.9 Å². The Balaban J connectivity index is 0.00000242. The second kappa shape index (κ2) is 8.76. The van der Waals surface area contributed by atoms with E-state index in [1.54, 1.807) is 0 Å². The predicted molar refractivity (Wildman–Crippen MR) is 94.9 cm³/mol. The zero-order valence-corrected chi connectivity index (χ0v) is 15.0. The minimum atomic E-state index is -0.145. The molecule has 0 radical (unpaired) electrons. The molecule has 1 saturated heterocycles. The molecule has 5 heteroatoms. The van der Waals surface area contributed by atoms with E-state index < -0.39 is 0 Å². The fraction of sp³-hybridized carbons (Fsp3) is 0.588. The number of rotatable bonds is 4. The van der Waals surface area contributed by atoms with Gasteiger partial charge in [-0.05, 0) is 49.9 Å². The maximum Gasteiger partial charge on any atom is 0.228 e. The number of halogens is 2. The Morgan fingerprint density at radius 3 is 2.73 bits per heavy atom. The van der Waals surface area contributed by atoms with E-state index in [-0.39, 0.29) is 36.2 Å². The molecule has 1 aromatic carbocycles. The summed E-state index contributed by atoms with van der Waals surface area (Å²) in [6.07, 6.45) is 1.99. The first-order chi connectivity index (χ1) is 9.97. The van der Waals surface area contributed by atoms with Crippen molar-refractivity contribution in [2.45, 2.75) is 51.6 Å². The number of nitrogens with one attached hydrogen (secondary N) is 2. The van der Waals surface area contributed by atoms with E-state index in [9.17, 15) is 4.79 Å². The SMILES string of the molecule is CC1CC(NC(=O)C(c2cccc(Cl)c2)C(C)C)CCN1.Cl. The van der Waals surface area contributed by atoms with Crippen molar-refractivity contribution in [2.24, 2.45) is 5.92 Å². The van der Waals surface area contributed by atoms with Gasteiger partial charge in [-0.1, -0.05) is 37.6 Å². The zero-order chi connectivity index (χ0) is 15.4. The van der Waals surface area contributed by atoms with E-state index in [1.165, 1.54) is 0 Å². The minimum Gasteiger partial charge on any atom is -0.353 e. The lowest BCUT2D eigenvalue weighted by molar-refractivity contribution is -0.124. The Morgan fingerprint density at radius 2 is 2.14 bits per heavy atom. The predicted octanol–water partition coefficient (Wildman–Crippen LogP) is 3.76. The minimum absolute atomic E-state index is 0. The van der Waals surface area contributed by atoms with Crippen LogP contribution in [0.15, 0.2) is 24.3 Å². The van der Waals surface area contributed by atoms with Gasteiger partial charge in [0.2, 0.25) is 5.91 Å². The van der Waals surface area contributed by atoms with Crippen molar-refractivity contribution in [3.05, 3.63) is 34.9 Å². The van der Waals surface area contributed by atoms with E-state index in [1.807, 2.05) is 24.3 Å². The monoisotopic (exact) mass is 344 g/mol. The van der Waals surface area contributed by atoms with Crippen molar-refractivity contribution in [1.29, 1.82) is 0 Å². The van der Waals surface area contributed by atoms with Crippen molar-refractivity contribution in [3.63, 3.8) is 0 Å². The topological polar surface area (TPSA) is 41.1 Å². The third kappa shape index (κ3) is 5.15. The van der Waals surface area contributed by atoms with E-state index >= 15 is 0 Å². The van der Waals surface area contributed by atoms with Gasteiger partial charge in [0.1, 0.15) is 0 Å². The molecule has 1 aliphatic rings. The molecule has 0 saturated carbocycles. The second-order valence-corrected chi connectivity index (χ2v) is 6.80. The number of hydrogen-bond donors (Lipinski definition) is 2. The number of piperidine rings is 1. The first-order valence-corrected chi connectivity index (χ1v) is 8.14. The van der Waals surface area contributed by atoms with Crippen molar-refractivity contribution in [2.75, 3.05) is 6.54 Å². The molecular weight excluding hydrogens is 319 g/mol. The number of hydrogen-bond acceptors (Lipinski definition) is 2. The number of amides is 1. The van der Waals surface area contributed by atoms with Gasteiger partial charge in [-0.25, -0.2) is 0 Å². The normalized spacial score (nSPS) is 22.8. The number of carbonyl (C=O) groups excluding carboxylic acids is 1. The molecule has 2 N–H and O–H groups in total. The largest absolute Gasteiger partial charge is 0.353 e. The lowest BCUT2D eigenvalue weighted by Gasteiger charge is -2.31. The first-order valence-electron chi connectivity index (χ1n) is 7.76. The van der Waals surface area contributed by atoms with Crippen LogP contribution in [-0.2, 0) is 4.79 Å². The Kier molecular flexibility index (Phi) is 7.67. The lowest BCUT2D eigenvalue weighted by Crippen LogP contribution is -2.48. The van der Waals surface area contributed by atoms with Crippen LogP contribution in [0.3, 0.4) is 0 Å². The summed E-state index contributed by atoms with van der Waals surface area (Å²) in [6, 6.07) is 8.38. The molecule has 1 fully saturated rings. The average Bonchev–Trinajstić information content (AvgIpc) is 2.38. The van der Waals surface area contributed by atoms with Gasteiger partial charge in [-0.2, -0.15) is 0 Å². The zero-order valence-electron chi connectivity index (χ0n) is 13.4. The van der Waals surface area contributed by atoms with Crippen molar-refractivity contribution < 1.29 is 4.79 Å². The standard InChI is InChI=1S/C17H25ClN2O.ClH/c1-11(2)16(13-5-4-6-14(18)10-13)17(21)20-15-7-8-19-12(3)9-15;/h4-6,10-12,15-16,19H,7-9H2,1-3H3,(H,20,21);1H. The van der Waals surface area contributed by atoms with Crippen LogP contribution in [0.5, 0.6) is 0 Å². The van der Waals surface area contributed by atoms with Gasteiger partial charge < -0.3 is 10.6 Å². The van der Waals surface area contributed by atoms with Crippen LogP contribution in [0.4, 0.5) is 0 Å². The van der Waals surface area contributed by atoms with Crippen LogP contribution in [0.1, 0.15) is 45.1 Å². The molecule has 0 aromatic heterocycles. The molecule has 2 rings (SSSR count). The van der Waals surface area contributed by atoms with E-state index in [2.05, 4.69) is 31.4 Å². The Bertz CT molecular complexity index is 493. The van der Waals surface area contributed by atoms with Crippen molar-refractivity contribution >= 4 is 29.9 Å². The van der Waals surface area contributed by atoms with Gasteiger partial charge in [-0.15, -0.1) is 12.4 Å². The fourth-order valence-corrected chi connectivity index (χ4v) is 3.29. The summed E-state index contributed by atoms with van der Waals surface area (Å²) in [5.74, 6) is 0.211. The Labute approximate surface area is 144 Å². The molecule has 22 heavy (non-hydrogen) atoms. The number of benzene rings is 1. The highest BCUT2D eigenvalue weighted by Gasteiger charge is 2.27. The molecule has 3 atom stereocenters. The van der Waals surface area contributed by atoms with Gasteiger partial charge in [0, 0.05) is 17.1 Å². The van der Waals surface area contributed by atoms with Gasteiger partial charge in [0.15, 0.2) is 0 Å². The highest BCUT2D eigenvalue weighted by Crippen LogP contribution is 2.27. The maximum atomic E-state index is 12.7. The summed E-state index contributed by atoms with van der Waals surface area (Å²) >= 11 is 6.07. The summed E-state index contributed by atoms with van der Waals surface area (Å²) in [6.45, 7) is 7.29. The smallest absolute Gasteiger partial charge is 0.228 e. The van der Waals surface area contributed by atoms with Crippen molar-refractivity contribution in [1.82, 2.24) is 10.6 Å². The van der Waals surface area contributed by atoms with Crippen molar-refractivity contribution in [3.8, 4) is 0 Å². The van der Waals surface area contributed by atoms with Crippen LogP contribution in [0.2, 0.25) is 5.02 Å². The van der Waals surface area contributed by atoms with Gasteiger partial charge in [0.25, 0.3) is 0 Å². The maximum absolute atomic E-state index is 12.7. The summed E-state index contributed by atoms with van der Waals surface area (Å²) in [5.41, 5.74) is 0.997. The molecule has 1 aromatic rings. The third-order valence-electron chi connectivity index (χ3n) is 4.13. The highest BCUT2D eigenvalue weighted by atomic mass is 35.5. The lowest BCUT2D eigenvalue weighted by atomic mass is 9.87. The van der Waals surface area contributed by atoms with E-state index in [0.29, 0.717) is 11.1 Å². The molecule has 1 amide bonds. The van der Waals surface area contributed by atoms with E-state index in [4.69, 9.17) is 11.6 Å². The quantitative estimate of drug-likeness (QED) is 0.872. The van der Waals surface area contributed by atoms with Crippen LogP contribution < -0.4 is 10.6 Å². The molecule has 0 spiro atoms.